The first-order valence-corrected chi connectivity index (χ1v) is 9.41. The van der Waals surface area contributed by atoms with Crippen molar-refractivity contribution in [1.29, 1.82) is 0 Å². The van der Waals surface area contributed by atoms with Crippen LogP contribution in [-0.2, 0) is 16.6 Å². The molecule has 1 N–H and O–H groups in total. The largest absolute Gasteiger partial charge is 0.496 e. The number of ether oxygens (including phenoxy) is 3. The quantitative estimate of drug-likeness (QED) is 0.755. The fraction of sp³-hybridized carbons (Fsp3) is 0.294. The number of hydrogen-bond acceptors (Lipinski definition) is 5. The molecule has 0 bridgehead atoms. The van der Waals surface area contributed by atoms with Crippen molar-refractivity contribution in [3.63, 3.8) is 0 Å². The van der Waals surface area contributed by atoms with E-state index in [9.17, 15) is 8.42 Å². The Morgan fingerprint density at radius 2 is 1.68 bits per heavy atom. The first-order valence-electron chi connectivity index (χ1n) is 7.54. The van der Waals surface area contributed by atoms with Gasteiger partial charge < -0.3 is 14.2 Å². The maximum absolute atomic E-state index is 12.5. The molecule has 0 aliphatic carbocycles. The summed E-state index contributed by atoms with van der Waals surface area (Å²) in [6.45, 7) is 2.28. The van der Waals surface area contributed by atoms with E-state index in [0.717, 1.165) is 0 Å². The Morgan fingerprint density at radius 1 is 1.04 bits per heavy atom. The lowest BCUT2D eigenvalue weighted by Crippen LogP contribution is -2.23. The van der Waals surface area contributed by atoms with Crippen LogP contribution >= 0.6 is 11.6 Å². The SMILES string of the molecule is CCOc1ccc(S(=O)(=O)NCc2c(OC)cccc2OC)cc1Cl. The number of benzene rings is 2. The van der Waals surface area contributed by atoms with Crippen molar-refractivity contribution in [1.82, 2.24) is 4.72 Å². The van der Waals surface area contributed by atoms with Crippen molar-refractivity contribution in [2.45, 2.75) is 18.4 Å². The van der Waals surface area contributed by atoms with Crippen LogP contribution in [0.4, 0.5) is 0 Å². The smallest absolute Gasteiger partial charge is 0.240 e. The molecule has 0 atom stereocenters. The fourth-order valence-corrected chi connectivity index (χ4v) is 3.60. The van der Waals surface area contributed by atoms with Gasteiger partial charge in [-0.15, -0.1) is 0 Å². The lowest BCUT2D eigenvalue weighted by molar-refractivity contribution is 0.340. The summed E-state index contributed by atoms with van der Waals surface area (Å²) in [6.07, 6.45) is 0. The second kappa shape index (κ2) is 8.42. The van der Waals surface area contributed by atoms with Gasteiger partial charge in [0, 0.05) is 6.54 Å². The maximum Gasteiger partial charge on any atom is 0.240 e. The summed E-state index contributed by atoms with van der Waals surface area (Å²) in [5, 5.41) is 0.236. The monoisotopic (exact) mass is 385 g/mol. The van der Waals surface area contributed by atoms with Gasteiger partial charge in [0.15, 0.2) is 0 Å². The van der Waals surface area contributed by atoms with E-state index in [-0.39, 0.29) is 16.5 Å². The molecule has 0 aromatic heterocycles. The Morgan fingerprint density at radius 3 is 2.20 bits per heavy atom. The van der Waals surface area contributed by atoms with Gasteiger partial charge in [-0.25, -0.2) is 13.1 Å². The fourth-order valence-electron chi connectivity index (χ4n) is 2.27. The predicted molar refractivity (Wildman–Crippen MR) is 96.2 cm³/mol. The molecule has 0 radical (unpaired) electrons. The standard InChI is InChI=1S/C17H20ClNO5S/c1-4-24-17-9-8-12(10-14(17)18)25(20,21)19-11-13-15(22-2)6-5-7-16(13)23-3/h5-10,19H,4,11H2,1-3H3. The molecular formula is C17H20ClNO5S. The zero-order valence-corrected chi connectivity index (χ0v) is 15.8. The van der Waals surface area contributed by atoms with E-state index < -0.39 is 10.0 Å². The third kappa shape index (κ3) is 4.56. The third-order valence-corrected chi connectivity index (χ3v) is 5.18. The van der Waals surface area contributed by atoms with Crippen LogP contribution in [0.25, 0.3) is 0 Å². The molecule has 25 heavy (non-hydrogen) atoms. The average molecular weight is 386 g/mol. The zero-order valence-electron chi connectivity index (χ0n) is 14.2. The first-order chi connectivity index (χ1) is 11.9. The highest BCUT2D eigenvalue weighted by Crippen LogP contribution is 2.30. The van der Waals surface area contributed by atoms with Crippen LogP contribution in [0.2, 0.25) is 5.02 Å². The molecule has 2 aromatic rings. The normalized spacial score (nSPS) is 11.2. The maximum atomic E-state index is 12.5. The third-order valence-electron chi connectivity index (χ3n) is 3.48. The highest BCUT2D eigenvalue weighted by atomic mass is 35.5. The molecule has 6 nitrogen and oxygen atoms in total. The van der Waals surface area contributed by atoms with Crippen LogP contribution in [0, 0.1) is 0 Å². The van der Waals surface area contributed by atoms with Gasteiger partial charge in [0.05, 0.1) is 36.3 Å². The first kappa shape index (κ1) is 19.4. The van der Waals surface area contributed by atoms with Crippen LogP contribution in [-0.4, -0.2) is 29.2 Å². The zero-order chi connectivity index (χ0) is 18.4. The van der Waals surface area contributed by atoms with Crippen LogP contribution in [0.3, 0.4) is 0 Å². The van der Waals surface area contributed by atoms with Gasteiger partial charge in [0.2, 0.25) is 10.0 Å². The number of methoxy groups -OCH3 is 2. The molecule has 0 amide bonds. The van der Waals surface area contributed by atoms with Crippen LogP contribution in [0.15, 0.2) is 41.3 Å². The van der Waals surface area contributed by atoms with Crippen molar-refractivity contribution < 1.29 is 22.6 Å². The van der Waals surface area contributed by atoms with E-state index in [0.29, 0.717) is 29.4 Å². The van der Waals surface area contributed by atoms with Gasteiger partial charge >= 0.3 is 0 Å². The van der Waals surface area contributed by atoms with E-state index >= 15 is 0 Å². The Labute approximate surface area is 152 Å². The molecule has 0 unspecified atom stereocenters. The van der Waals surface area contributed by atoms with E-state index in [1.807, 2.05) is 6.92 Å². The highest BCUT2D eigenvalue weighted by Gasteiger charge is 2.18. The minimum Gasteiger partial charge on any atom is -0.496 e. The minimum absolute atomic E-state index is 0.0142. The number of halogens is 1. The van der Waals surface area contributed by atoms with Gasteiger partial charge in [-0.2, -0.15) is 0 Å². The van der Waals surface area contributed by atoms with Crippen molar-refractivity contribution >= 4 is 21.6 Å². The van der Waals surface area contributed by atoms with Gasteiger partial charge in [-0.05, 0) is 37.3 Å². The molecule has 0 aliphatic rings. The molecular weight excluding hydrogens is 366 g/mol. The summed E-state index contributed by atoms with van der Waals surface area (Å²) < 4.78 is 43.5. The molecule has 2 rings (SSSR count). The Hall–Kier alpha value is -1.96. The van der Waals surface area contributed by atoms with Gasteiger partial charge in [-0.1, -0.05) is 17.7 Å². The van der Waals surface area contributed by atoms with Crippen LogP contribution < -0.4 is 18.9 Å². The molecule has 0 spiro atoms. The molecule has 136 valence electrons. The molecule has 0 aliphatic heterocycles. The lowest BCUT2D eigenvalue weighted by atomic mass is 10.2. The van der Waals surface area contributed by atoms with E-state index in [1.165, 1.54) is 32.4 Å². The topological polar surface area (TPSA) is 73.9 Å². The van der Waals surface area contributed by atoms with Gasteiger partial charge in [0.25, 0.3) is 0 Å². The van der Waals surface area contributed by atoms with E-state index in [2.05, 4.69) is 4.72 Å². The highest BCUT2D eigenvalue weighted by molar-refractivity contribution is 7.89. The summed E-state index contributed by atoms with van der Waals surface area (Å²) in [5.74, 6) is 1.51. The molecule has 0 fully saturated rings. The van der Waals surface area contributed by atoms with Crippen molar-refractivity contribution in [2.75, 3.05) is 20.8 Å². The van der Waals surface area contributed by atoms with Crippen LogP contribution in [0.5, 0.6) is 17.2 Å². The number of sulfonamides is 1. The van der Waals surface area contributed by atoms with E-state index in [1.54, 1.807) is 18.2 Å². The van der Waals surface area contributed by atoms with Crippen molar-refractivity contribution in [3.05, 3.63) is 47.0 Å². The molecule has 0 saturated heterocycles. The van der Waals surface area contributed by atoms with Gasteiger partial charge in [0.1, 0.15) is 17.2 Å². The van der Waals surface area contributed by atoms with Gasteiger partial charge in [-0.3, -0.25) is 0 Å². The number of nitrogens with one attached hydrogen (secondary N) is 1. The molecule has 8 heteroatoms. The Balaban J connectivity index is 2.24. The molecule has 2 aromatic carbocycles. The van der Waals surface area contributed by atoms with Crippen LogP contribution in [0.1, 0.15) is 12.5 Å². The van der Waals surface area contributed by atoms with Crippen molar-refractivity contribution in [2.24, 2.45) is 0 Å². The average Bonchev–Trinajstić information content (AvgIpc) is 2.61. The second-order valence-corrected chi connectivity index (χ2v) is 7.17. The second-order valence-electron chi connectivity index (χ2n) is 4.99. The van der Waals surface area contributed by atoms with E-state index in [4.69, 9.17) is 25.8 Å². The minimum atomic E-state index is -3.76. The predicted octanol–water partition coefficient (Wildman–Crippen LogP) is 3.23. The molecule has 0 saturated carbocycles. The lowest BCUT2D eigenvalue weighted by Gasteiger charge is -2.14. The summed E-state index contributed by atoms with van der Waals surface area (Å²) in [6, 6.07) is 9.57. The Bertz CT molecular complexity index is 817. The summed E-state index contributed by atoms with van der Waals surface area (Å²) in [5.41, 5.74) is 0.605. The summed E-state index contributed by atoms with van der Waals surface area (Å²) in [4.78, 5) is 0.0508. The summed E-state index contributed by atoms with van der Waals surface area (Å²) >= 11 is 6.07. The number of hydrogen-bond donors (Lipinski definition) is 1. The number of rotatable bonds is 8. The van der Waals surface area contributed by atoms with Crippen molar-refractivity contribution in [3.8, 4) is 17.2 Å². The summed E-state index contributed by atoms with van der Waals surface area (Å²) in [7, 11) is -0.738. The Kier molecular flexibility index (Phi) is 6.52. The molecule has 0 heterocycles.